The van der Waals surface area contributed by atoms with Crippen LogP contribution in [0.3, 0.4) is 0 Å². The lowest BCUT2D eigenvalue weighted by Gasteiger charge is -2.35. The average molecular weight is 457 g/mol. The molecule has 31 heavy (non-hydrogen) atoms. The first-order valence-electron chi connectivity index (χ1n) is 10.2. The van der Waals surface area contributed by atoms with E-state index in [-0.39, 0.29) is 18.2 Å². The molecule has 1 heterocycles. The number of benzene rings is 2. The first kappa shape index (κ1) is 23.6. The third-order valence-electron chi connectivity index (χ3n) is 5.44. The number of rotatable bonds is 8. The number of piperidine rings is 1. The third kappa shape index (κ3) is 6.69. The Hall–Kier alpha value is -2.10. The molecule has 1 unspecified atom stereocenters. The minimum absolute atomic E-state index is 0.0984. The maximum absolute atomic E-state index is 12.9. The van der Waals surface area contributed by atoms with Crippen molar-refractivity contribution in [2.75, 3.05) is 26.7 Å². The fraction of sp³-hybridized carbons (Fsp3) is 0.455. The molecule has 0 bridgehead atoms. The van der Waals surface area contributed by atoms with Crippen LogP contribution in [0.1, 0.15) is 42.0 Å². The summed E-state index contributed by atoms with van der Waals surface area (Å²) in [6, 6.07) is 11.8. The molecule has 0 radical (unpaired) electrons. The highest BCUT2D eigenvalue weighted by molar-refractivity contribution is 7.88. The Balaban J connectivity index is 1.73. The van der Waals surface area contributed by atoms with Crippen molar-refractivity contribution in [3.8, 4) is 5.75 Å². The topological polar surface area (TPSA) is 58.6 Å². The summed E-state index contributed by atoms with van der Waals surface area (Å²) in [7, 11) is -2.24. The van der Waals surface area contributed by atoms with E-state index in [9.17, 15) is 21.6 Å². The monoisotopic (exact) mass is 456 g/mol. The van der Waals surface area contributed by atoms with Crippen LogP contribution >= 0.6 is 0 Å². The summed E-state index contributed by atoms with van der Waals surface area (Å²) in [5.41, 5.74) is 0.204. The molecule has 1 aliphatic rings. The Kier molecular flexibility index (Phi) is 7.61. The van der Waals surface area contributed by atoms with Gasteiger partial charge in [-0.1, -0.05) is 36.8 Å². The van der Waals surface area contributed by atoms with Crippen molar-refractivity contribution >= 4 is 10.0 Å². The maximum atomic E-state index is 12.9. The van der Waals surface area contributed by atoms with Crippen molar-refractivity contribution < 1.29 is 26.3 Å². The van der Waals surface area contributed by atoms with Gasteiger partial charge in [-0.15, -0.1) is 0 Å². The van der Waals surface area contributed by atoms with Gasteiger partial charge in [-0.2, -0.15) is 13.2 Å². The third-order valence-corrected chi connectivity index (χ3v) is 6.76. The minimum atomic E-state index is -4.51. The van der Waals surface area contributed by atoms with Gasteiger partial charge in [-0.3, -0.25) is 4.90 Å². The molecule has 1 atom stereocenters. The van der Waals surface area contributed by atoms with E-state index >= 15 is 0 Å². The van der Waals surface area contributed by atoms with Crippen LogP contribution in [0.2, 0.25) is 0 Å². The molecule has 0 amide bonds. The van der Waals surface area contributed by atoms with Gasteiger partial charge in [-0.05, 0) is 55.3 Å². The van der Waals surface area contributed by atoms with Gasteiger partial charge in [-0.25, -0.2) is 13.1 Å². The van der Waals surface area contributed by atoms with Crippen LogP contribution < -0.4 is 9.46 Å². The molecule has 0 aliphatic carbocycles. The van der Waals surface area contributed by atoms with Gasteiger partial charge in [0.05, 0.1) is 18.4 Å². The molecule has 0 saturated carbocycles. The second kappa shape index (κ2) is 10.0. The predicted octanol–water partition coefficient (Wildman–Crippen LogP) is 4.36. The smallest absolute Gasteiger partial charge is 0.416 e. The molecule has 170 valence electrons. The highest BCUT2D eigenvalue weighted by Crippen LogP contribution is 2.30. The van der Waals surface area contributed by atoms with Crippen molar-refractivity contribution in [1.82, 2.24) is 9.62 Å². The van der Waals surface area contributed by atoms with Gasteiger partial charge >= 0.3 is 6.18 Å². The van der Waals surface area contributed by atoms with E-state index in [1.807, 2.05) is 24.3 Å². The molecule has 0 aromatic heterocycles. The van der Waals surface area contributed by atoms with Crippen LogP contribution in [0.25, 0.3) is 0 Å². The van der Waals surface area contributed by atoms with Crippen LogP contribution in [-0.4, -0.2) is 40.1 Å². The van der Waals surface area contributed by atoms with E-state index in [0.717, 1.165) is 50.0 Å². The van der Waals surface area contributed by atoms with Gasteiger partial charge in [0.15, 0.2) is 0 Å². The van der Waals surface area contributed by atoms with Gasteiger partial charge < -0.3 is 4.74 Å². The number of hydrogen-bond acceptors (Lipinski definition) is 4. The average Bonchev–Trinajstić information content (AvgIpc) is 2.74. The highest BCUT2D eigenvalue weighted by Gasteiger charge is 2.31. The normalized spacial score (nSPS) is 16.8. The summed E-state index contributed by atoms with van der Waals surface area (Å²) < 4.78 is 71.9. The number of ether oxygens (including phenoxy) is 1. The molecule has 5 nitrogen and oxygen atoms in total. The summed E-state index contributed by atoms with van der Waals surface area (Å²) in [4.78, 5) is 2.25. The standard InChI is InChI=1S/C22H27F3N2O3S/c1-30-20-10-8-18(9-11-20)21(27-12-3-2-4-13-27)15-26-31(28,29)16-17-6-5-7-19(14-17)22(23,24)25/h5-11,14,21,26H,2-4,12-13,15-16H2,1H3. The summed E-state index contributed by atoms with van der Waals surface area (Å²) in [5, 5.41) is 0. The number of methoxy groups -OCH3 is 1. The molecule has 2 aromatic rings. The summed E-state index contributed by atoms with van der Waals surface area (Å²) in [5.74, 6) is 0.206. The second-order valence-corrected chi connectivity index (χ2v) is 9.50. The first-order valence-corrected chi connectivity index (χ1v) is 11.8. The molecule has 1 N–H and O–H groups in total. The molecule has 1 saturated heterocycles. The Bertz CT molecular complexity index is 957. The van der Waals surface area contributed by atoms with Gasteiger partial charge in [0.1, 0.15) is 5.75 Å². The molecule has 9 heteroatoms. The molecular weight excluding hydrogens is 429 g/mol. The van der Waals surface area contributed by atoms with Crippen LogP contribution in [0.5, 0.6) is 5.75 Å². The van der Waals surface area contributed by atoms with Crippen molar-refractivity contribution in [1.29, 1.82) is 0 Å². The molecular formula is C22H27F3N2O3S. The first-order chi connectivity index (χ1) is 14.7. The fourth-order valence-electron chi connectivity index (χ4n) is 3.83. The number of likely N-dealkylation sites (tertiary alicyclic amines) is 1. The fourth-order valence-corrected chi connectivity index (χ4v) is 4.96. The molecule has 1 fully saturated rings. The Morgan fingerprint density at radius 1 is 1.06 bits per heavy atom. The van der Waals surface area contributed by atoms with Crippen molar-refractivity contribution in [3.63, 3.8) is 0 Å². The number of sulfonamides is 1. The number of alkyl halides is 3. The molecule has 0 spiro atoms. The van der Waals surface area contributed by atoms with Crippen LogP contribution in [0.15, 0.2) is 48.5 Å². The van der Waals surface area contributed by atoms with Crippen molar-refractivity contribution in [2.45, 2.75) is 37.2 Å². The lowest BCUT2D eigenvalue weighted by atomic mass is 10.0. The van der Waals surface area contributed by atoms with E-state index < -0.39 is 27.5 Å². The van der Waals surface area contributed by atoms with E-state index in [1.54, 1.807) is 7.11 Å². The summed E-state index contributed by atoms with van der Waals surface area (Å²) >= 11 is 0. The van der Waals surface area contributed by atoms with E-state index in [0.29, 0.717) is 5.75 Å². The SMILES string of the molecule is COc1ccc(C(CNS(=O)(=O)Cc2cccc(C(F)(F)F)c2)N2CCCCC2)cc1. The molecule has 1 aliphatic heterocycles. The second-order valence-electron chi connectivity index (χ2n) is 7.69. The van der Waals surface area contributed by atoms with E-state index in [1.165, 1.54) is 12.1 Å². The molecule has 2 aromatic carbocycles. The number of halogens is 3. The largest absolute Gasteiger partial charge is 0.497 e. The Morgan fingerprint density at radius 3 is 2.35 bits per heavy atom. The van der Waals surface area contributed by atoms with Crippen molar-refractivity contribution in [2.24, 2.45) is 0 Å². The van der Waals surface area contributed by atoms with Crippen LogP contribution in [-0.2, 0) is 22.0 Å². The number of nitrogens with zero attached hydrogens (tertiary/aromatic N) is 1. The van der Waals surface area contributed by atoms with Crippen LogP contribution in [0.4, 0.5) is 13.2 Å². The predicted molar refractivity (Wildman–Crippen MR) is 113 cm³/mol. The van der Waals surface area contributed by atoms with Gasteiger partial charge in [0.25, 0.3) is 0 Å². The van der Waals surface area contributed by atoms with Crippen LogP contribution in [0, 0.1) is 0 Å². The van der Waals surface area contributed by atoms with Crippen molar-refractivity contribution in [3.05, 3.63) is 65.2 Å². The molecule has 3 rings (SSSR count). The van der Waals surface area contributed by atoms with E-state index in [4.69, 9.17) is 4.74 Å². The summed E-state index contributed by atoms with van der Waals surface area (Å²) in [6.45, 7) is 1.88. The van der Waals surface area contributed by atoms with Gasteiger partial charge in [0.2, 0.25) is 10.0 Å². The Morgan fingerprint density at radius 2 is 1.74 bits per heavy atom. The zero-order valence-electron chi connectivity index (χ0n) is 17.4. The lowest BCUT2D eigenvalue weighted by molar-refractivity contribution is -0.137. The van der Waals surface area contributed by atoms with Gasteiger partial charge in [0, 0.05) is 12.6 Å². The zero-order valence-corrected chi connectivity index (χ0v) is 18.2. The minimum Gasteiger partial charge on any atom is -0.497 e. The maximum Gasteiger partial charge on any atom is 0.416 e. The quantitative estimate of drug-likeness (QED) is 0.641. The summed E-state index contributed by atoms with van der Waals surface area (Å²) in [6.07, 6.45) is -1.28. The number of hydrogen-bond donors (Lipinski definition) is 1. The Labute approximate surface area is 181 Å². The highest BCUT2D eigenvalue weighted by atomic mass is 32.2. The zero-order chi connectivity index (χ0) is 22.5. The lowest BCUT2D eigenvalue weighted by Crippen LogP contribution is -2.40. The van der Waals surface area contributed by atoms with E-state index in [2.05, 4.69) is 9.62 Å². The number of nitrogens with one attached hydrogen (secondary N) is 1.